The topological polar surface area (TPSA) is 75.6 Å². The van der Waals surface area contributed by atoms with Gasteiger partial charge in [0, 0.05) is 5.56 Å². The number of rotatable bonds is 7. The van der Waals surface area contributed by atoms with E-state index in [4.69, 9.17) is 9.84 Å². The second kappa shape index (κ2) is 8.15. The molecule has 1 amide bonds. The van der Waals surface area contributed by atoms with E-state index in [1.807, 2.05) is 49.4 Å². The summed E-state index contributed by atoms with van der Waals surface area (Å²) < 4.78 is 5.96. The molecule has 2 aromatic carbocycles. The molecule has 24 heavy (non-hydrogen) atoms. The van der Waals surface area contributed by atoms with E-state index >= 15 is 0 Å². The number of carbonyl (C=O) groups excluding carboxylic acids is 1. The Balaban J connectivity index is 2.30. The van der Waals surface area contributed by atoms with Gasteiger partial charge in [0.1, 0.15) is 11.8 Å². The van der Waals surface area contributed by atoms with E-state index < -0.39 is 24.0 Å². The van der Waals surface area contributed by atoms with E-state index in [9.17, 15) is 9.59 Å². The van der Waals surface area contributed by atoms with Crippen molar-refractivity contribution >= 4 is 11.9 Å². The second-order valence-corrected chi connectivity index (χ2v) is 5.44. The number of nitrogens with one attached hydrogen (secondary N) is 1. The molecule has 2 rings (SSSR count). The van der Waals surface area contributed by atoms with Gasteiger partial charge in [0.2, 0.25) is 6.10 Å². The Bertz CT molecular complexity index is 700. The lowest BCUT2D eigenvalue weighted by atomic mass is 10.1. The number of benzene rings is 2. The summed E-state index contributed by atoms with van der Waals surface area (Å²) in [5.74, 6) is -0.960. The third kappa shape index (κ3) is 4.35. The van der Waals surface area contributed by atoms with E-state index in [1.165, 1.54) is 6.92 Å². The molecular formula is C19H21NO4. The zero-order valence-electron chi connectivity index (χ0n) is 13.7. The highest BCUT2D eigenvalue weighted by molar-refractivity contribution is 5.87. The standard InChI is InChI=1S/C19H21NO4/c1-3-14-9-7-8-12-16(14)24-17(15-10-5-4-6-11-15)18(21)20-13(2)19(22)23/h4-13,17H,3H2,1-2H3,(H,20,21)(H,22,23)/t13-,17?/m0/s1. The highest BCUT2D eigenvalue weighted by Crippen LogP contribution is 2.26. The lowest BCUT2D eigenvalue weighted by Crippen LogP contribution is -2.42. The lowest BCUT2D eigenvalue weighted by Gasteiger charge is -2.22. The van der Waals surface area contributed by atoms with Crippen LogP contribution in [0.4, 0.5) is 0 Å². The highest BCUT2D eigenvalue weighted by Gasteiger charge is 2.26. The number of carboxylic acids is 1. The molecule has 0 radical (unpaired) electrons. The summed E-state index contributed by atoms with van der Waals surface area (Å²) >= 11 is 0. The van der Waals surface area contributed by atoms with Crippen molar-refractivity contribution in [3.63, 3.8) is 0 Å². The Labute approximate surface area is 141 Å². The van der Waals surface area contributed by atoms with Gasteiger partial charge in [0.25, 0.3) is 5.91 Å². The number of aryl methyl sites for hydroxylation is 1. The van der Waals surface area contributed by atoms with Crippen LogP contribution in [0.1, 0.15) is 31.1 Å². The molecule has 0 saturated heterocycles. The number of aliphatic carboxylic acids is 1. The maximum Gasteiger partial charge on any atom is 0.325 e. The predicted molar refractivity (Wildman–Crippen MR) is 90.9 cm³/mol. The molecule has 2 N–H and O–H groups in total. The van der Waals surface area contributed by atoms with Crippen molar-refractivity contribution in [2.75, 3.05) is 0 Å². The van der Waals surface area contributed by atoms with Gasteiger partial charge >= 0.3 is 5.97 Å². The summed E-state index contributed by atoms with van der Waals surface area (Å²) in [7, 11) is 0. The minimum atomic E-state index is -1.09. The first kappa shape index (κ1) is 17.5. The van der Waals surface area contributed by atoms with Crippen molar-refractivity contribution in [3.8, 4) is 5.75 Å². The molecule has 5 nitrogen and oxygen atoms in total. The van der Waals surface area contributed by atoms with Crippen molar-refractivity contribution in [2.45, 2.75) is 32.4 Å². The van der Waals surface area contributed by atoms with Crippen molar-refractivity contribution < 1.29 is 19.4 Å². The largest absolute Gasteiger partial charge is 0.480 e. The number of hydrogen-bond acceptors (Lipinski definition) is 3. The van der Waals surface area contributed by atoms with Gasteiger partial charge in [-0.3, -0.25) is 9.59 Å². The van der Waals surface area contributed by atoms with E-state index in [0.717, 1.165) is 12.0 Å². The van der Waals surface area contributed by atoms with E-state index in [1.54, 1.807) is 12.1 Å². The van der Waals surface area contributed by atoms with Crippen LogP contribution < -0.4 is 10.1 Å². The molecule has 1 unspecified atom stereocenters. The van der Waals surface area contributed by atoms with Crippen molar-refractivity contribution in [1.29, 1.82) is 0 Å². The molecule has 0 bridgehead atoms. The van der Waals surface area contributed by atoms with Crippen LogP contribution in [-0.2, 0) is 16.0 Å². The number of amides is 1. The molecule has 0 aliphatic heterocycles. The first-order valence-corrected chi connectivity index (χ1v) is 7.85. The smallest absolute Gasteiger partial charge is 0.325 e. The summed E-state index contributed by atoms with van der Waals surface area (Å²) in [6.45, 7) is 3.43. The minimum absolute atomic E-state index is 0.484. The van der Waals surface area contributed by atoms with Crippen LogP contribution in [0.5, 0.6) is 5.75 Å². The normalized spacial score (nSPS) is 12.9. The predicted octanol–water partition coefficient (Wildman–Crippen LogP) is 2.96. The summed E-state index contributed by atoms with van der Waals surface area (Å²) in [6.07, 6.45) is -0.147. The van der Waals surface area contributed by atoms with Gasteiger partial charge in [0.05, 0.1) is 0 Å². The van der Waals surface area contributed by atoms with E-state index in [0.29, 0.717) is 11.3 Å². The number of carboxylic acid groups (broad SMARTS) is 1. The Kier molecular flexibility index (Phi) is 5.95. The van der Waals surface area contributed by atoms with Crippen molar-refractivity contribution in [3.05, 3.63) is 65.7 Å². The van der Waals surface area contributed by atoms with Gasteiger partial charge in [-0.05, 0) is 25.0 Å². The zero-order valence-corrected chi connectivity index (χ0v) is 13.7. The maximum atomic E-state index is 12.6. The Hall–Kier alpha value is -2.82. The molecule has 0 heterocycles. The zero-order chi connectivity index (χ0) is 17.5. The Morgan fingerprint density at radius 1 is 1.08 bits per heavy atom. The Morgan fingerprint density at radius 3 is 2.33 bits per heavy atom. The van der Waals surface area contributed by atoms with Crippen molar-refractivity contribution in [2.24, 2.45) is 0 Å². The molecule has 0 aliphatic carbocycles. The summed E-state index contributed by atoms with van der Waals surface area (Å²) in [5.41, 5.74) is 1.65. The minimum Gasteiger partial charge on any atom is -0.480 e. The Morgan fingerprint density at radius 2 is 1.71 bits per heavy atom. The molecule has 2 aromatic rings. The number of para-hydroxylation sites is 1. The molecule has 0 saturated carbocycles. The van der Waals surface area contributed by atoms with Crippen LogP contribution in [0.2, 0.25) is 0 Å². The fourth-order valence-corrected chi connectivity index (χ4v) is 2.29. The van der Waals surface area contributed by atoms with Crippen LogP contribution >= 0.6 is 0 Å². The van der Waals surface area contributed by atoms with Gasteiger partial charge in [-0.25, -0.2) is 0 Å². The van der Waals surface area contributed by atoms with Crippen LogP contribution in [0.3, 0.4) is 0 Å². The molecule has 0 spiro atoms. The van der Waals surface area contributed by atoms with Crippen LogP contribution in [0, 0.1) is 0 Å². The maximum absolute atomic E-state index is 12.6. The van der Waals surface area contributed by atoms with E-state index in [2.05, 4.69) is 5.32 Å². The number of ether oxygens (including phenoxy) is 1. The van der Waals surface area contributed by atoms with Gasteiger partial charge in [-0.2, -0.15) is 0 Å². The van der Waals surface area contributed by atoms with Crippen LogP contribution in [0.15, 0.2) is 54.6 Å². The monoisotopic (exact) mass is 327 g/mol. The van der Waals surface area contributed by atoms with Gasteiger partial charge in [-0.1, -0.05) is 55.5 Å². The summed E-state index contributed by atoms with van der Waals surface area (Å²) in [5, 5.41) is 11.5. The molecule has 0 fully saturated rings. The third-order valence-corrected chi connectivity index (χ3v) is 3.67. The fraction of sp³-hybridized carbons (Fsp3) is 0.263. The first-order valence-electron chi connectivity index (χ1n) is 7.85. The van der Waals surface area contributed by atoms with Crippen LogP contribution in [0.25, 0.3) is 0 Å². The summed E-state index contributed by atoms with van der Waals surface area (Å²) in [4.78, 5) is 23.6. The average Bonchev–Trinajstić information content (AvgIpc) is 2.60. The number of carbonyl (C=O) groups is 2. The highest BCUT2D eigenvalue weighted by atomic mass is 16.5. The van der Waals surface area contributed by atoms with E-state index in [-0.39, 0.29) is 0 Å². The average molecular weight is 327 g/mol. The third-order valence-electron chi connectivity index (χ3n) is 3.67. The molecule has 0 aliphatic rings. The summed E-state index contributed by atoms with van der Waals surface area (Å²) in [6, 6.07) is 15.5. The van der Waals surface area contributed by atoms with Gasteiger partial charge < -0.3 is 15.2 Å². The molecule has 2 atom stereocenters. The second-order valence-electron chi connectivity index (χ2n) is 5.44. The number of hydrogen-bond donors (Lipinski definition) is 2. The molecule has 0 aromatic heterocycles. The van der Waals surface area contributed by atoms with Gasteiger partial charge in [0.15, 0.2) is 0 Å². The molecule has 126 valence electrons. The SMILES string of the molecule is CCc1ccccc1OC(C(=O)N[C@@H](C)C(=O)O)c1ccccc1. The van der Waals surface area contributed by atoms with Crippen molar-refractivity contribution in [1.82, 2.24) is 5.32 Å². The van der Waals surface area contributed by atoms with Gasteiger partial charge in [-0.15, -0.1) is 0 Å². The lowest BCUT2D eigenvalue weighted by molar-refractivity contribution is -0.142. The fourth-order valence-electron chi connectivity index (χ4n) is 2.29. The molecule has 5 heteroatoms. The quantitative estimate of drug-likeness (QED) is 0.820. The van der Waals surface area contributed by atoms with Crippen LogP contribution in [-0.4, -0.2) is 23.0 Å². The molecular weight excluding hydrogens is 306 g/mol. The first-order chi connectivity index (χ1) is 11.5.